The summed E-state index contributed by atoms with van der Waals surface area (Å²) in [4.78, 5) is 12.4. The SMILES string of the molecule is C=CCN1C(=O)OC[C@H]1/C=N/O. The van der Waals surface area contributed by atoms with Crippen LogP contribution < -0.4 is 0 Å². The van der Waals surface area contributed by atoms with Gasteiger partial charge in [0.15, 0.2) is 0 Å². The van der Waals surface area contributed by atoms with Crippen molar-refractivity contribution in [2.75, 3.05) is 13.2 Å². The molecule has 1 fully saturated rings. The Morgan fingerprint density at radius 2 is 2.67 bits per heavy atom. The minimum absolute atomic E-state index is 0.233. The van der Waals surface area contributed by atoms with Crippen LogP contribution in [-0.4, -0.2) is 41.6 Å². The summed E-state index contributed by atoms with van der Waals surface area (Å²) in [5.41, 5.74) is 0. The van der Waals surface area contributed by atoms with Crippen LogP contribution in [0.5, 0.6) is 0 Å². The first-order chi connectivity index (χ1) is 5.79. The molecule has 1 aliphatic heterocycles. The second kappa shape index (κ2) is 3.75. The molecule has 0 aromatic heterocycles. The highest BCUT2D eigenvalue weighted by molar-refractivity contribution is 5.78. The second-order valence-corrected chi connectivity index (χ2v) is 2.35. The van der Waals surface area contributed by atoms with Gasteiger partial charge in [0.25, 0.3) is 0 Å². The van der Waals surface area contributed by atoms with Crippen LogP contribution in [0.1, 0.15) is 0 Å². The van der Waals surface area contributed by atoms with Crippen LogP contribution in [0.3, 0.4) is 0 Å². The van der Waals surface area contributed by atoms with Crippen LogP contribution in [0.2, 0.25) is 0 Å². The number of carbonyl (C=O) groups excluding carboxylic acids is 1. The Hall–Kier alpha value is -1.52. The van der Waals surface area contributed by atoms with Crippen LogP contribution >= 0.6 is 0 Å². The monoisotopic (exact) mass is 170 g/mol. The normalized spacial score (nSPS) is 23.2. The van der Waals surface area contributed by atoms with Crippen LogP contribution in [0.4, 0.5) is 4.79 Å². The van der Waals surface area contributed by atoms with Crippen molar-refractivity contribution in [2.24, 2.45) is 5.16 Å². The largest absolute Gasteiger partial charge is 0.447 e. The molecule has 1 saturated heterocycles. The highest BCUT2D eigenvalue weighted by Gasteiger charge is 2.30. The van der Waals surface area contributed by atoms with E-state index in [4.69, 9.17) is 9.94 Å². The molecule has 1 rings (SSSR count). The molecule has 12 heavy (non-hydrogen) atoms. The zero-order chi connectivity index (χ0) is 8.97. The number of oxime groups is 1. The van der Waals surface area contributed by atoms with E-state index < -0.39 is 6.09 Å². The van der Waals surface area contributed by atoms with E-state index in [0.717, 1.165) is 0 Å². The van der Waals surface area contributed by atoms with Crippen molar-refractivity contribution >= 4 is 12.3 Å². The maximum absolute atomic E-state index is 11.0. The molecule has 0 aromatic rings. The lowest BCUT2D eigenvalue weighted by molar-refractivity contribution is 0.160. The molecule has 0 unspecified atom stereocenters. The van der Waals surface area contributed by atoms with Gasteiger partial charge in [0.2, 0.25) is 0 Å². The predicted octanol–water partition coefficient (Wildman–Crippen LogP) is 0.453. The Bertz CT molecular complexity index is 215. The zero-order valence-electron chi connectivity index (χ0n) is 6.51. The van der Waals surface area contributed by atoms with E-state index in [2.05, 4.69) is 11.7 Å². The molecular formula is C7H10N2O3. The minimum Gasteiger partial charge on any atom is -0.447 e. The Balaban J connectivity index is 2.62. The molecule has 5 heteroatoms. The maximum atomic E-state index is 11.0. The molecule has 1 aliphatic rings. The van der Waals surface area contributed by atoms with Crippen LogP contribution in [-0.2, 0) is 4.74 Å². The lowest BCUT2D eigenvalue weighted by Crippen LogP contribution is -2.34. The number of amides is 1. The standard InChI is InChI=1S/C7H10N2O3/c1-2-3-9-6(4-8-11)5-12-7(9)10/h2,4,6,11H,1,3,5H2/b8-4+/t6-/m1/s1. The average molecular weight is 170 g/mol. The van der Waals surface area contributed by atoms with Crippen LogP contribution in [0.15, 0.2) is 17.8 Å². The molecule has 1 atom stereocenters. The van der Waals surface area contributed by atoms with E-state index in [1.54, 1.807) is 6.08 Å². The Morgan fingerprint density at radius 1 is 1.92 bits per heavy atom. The summed E-state index contributed by atoms with van der Waals surface area (Å²) < 4.78 is 4.72. The van der Waals surface area contributed by atoms with Gasteiger partial charge in [-0.15, -0.1) is 6.58 Å². The van der Waals surface area contributed by atoms with Gasteiger partial charge in [-0.1, -0.05) is 11.2 Å². The third-order valence-corrected chi connectivity index (χ3v) is 1.58. The topological polar surface area (TPSA) is 62.1 Å². The fourth-order valence-corrected chi connectivity index (χ4v) is 1.01. The van der Waals surface area contributed by atoms with Gasteiger partial charge in [-0.05, 0) is 0 Å². The summed E-state index contributed by atoms with van der Waals surface area (Å²) in [6, 6.07) is -0.277. The summed E-state index contributed by atoms with van der Waals surface area (Å²) in [5.74, 6) is 0. The highest BCUT2D eigenvalue weighted by atomic mass is 16.6. The maximum Gasteiger partial charge on any atom is 0.410 e. The van der Waals surface area contributed by atoms with Crippen molar-refractivity contribution in [3.63, 3.8) is 0 Å². The van der Waals surface area contributed by atoms with E-state index in [1.807, 2.05) is 0 Å². The van der Waals surface area contributed by atoms with Gasteiger partial charge in [0.1, 0.15) is 12.6 Å². The molecule has 66 valence electrons. The molecule has 0 bridgehead atoms. The quantitative estimate of drug-likeness (QED) is 0.289. The Kier molecular flexibility index (Phi) is 2.68. The highest BCUT2D eigenvalue weighted by Crippen LogP contribution is 2.09. The summed E-state index contributed by atoms with van der Waals surface area (Å²) in [6.45, 7) is 4.13. The van der Waals surface area contributed by atoms with Crippen LogP contribution in [0.25, 0.3) is 0 Å². The number of hydrogen-bond donors (Lipinski definition) is 1. The van der Waals surface area contributed by atoms with Crippen molar-refractivity contribution in [1.82, 2.24) is 4.90 Å². The Morgan fingerprint density at radius 3 is 3.25 bits per heavy atom. The molecule has 0 aromatic carbocycles. The summed E-state index contributed by atoms with van der Waals surface area (Å²) in [6.07, 6.45) is 2.44. The number of cyclic esters (lactones) is 1. The van der Waals surface area contributed by atoms with Crippen LogP contribution in [0, 0.1) is 0 Å². The van der Waals surface area contributed by atoms with Gasteiger partial charge in [-0.2, -0.15) is 0 Å². The third kappa shape index (κ3) is 1.55. The van der Waals surface area contributed by atoms with Crippen molar-refractivity contribution in [1.29, 1.82) is 0 Å². The predicted molar refractivity (Wildman–Crippen MR) is 42.3 cm³/mol. The molecule has 1 heterocycles. The minimum atomic E-state index is -0.403. The lowest BCUT2D eigenvalue weighted by atomic mass is 10.3. The van der Waals surface area contributed by atoms with Gasteiger partial charge < -0.3 is 9.94 Å². The van der Waals surface area contributed by atoms with Gasteiger partial charge in [-0.3, -0.25) is 4.90 Å². The number of rotatable bonds is 3. The van der Waals surface area contributed by atoms with E-state index in [1.165, 1.54) is 11.1 Å². The molecule has 1 amide bonds. The lowest BCUT2D eigenvalue weighted by Gasteiger charge is -2.14. The van der Waals surface area contributed by atoms with E-state index >= 15 is 0 Å². The van der Waals surface area contributed by atoms with Crippen molar-refractivity contribution in [2.45, 2.75) is 6.04 Å². The molecule has 0 saturated carbocycles. The number of nitrogens with zero attached hydrogens (tertiary/aromatic N) is 2. The first kappa shape index (κ1) is 8.58. The summed E-state index contributed by atoms with van der Waals surface area (Å²) in [7, 11) is 0. The molecule has 0 radical (unpaired) electrons. The van der Waals surface area contributed by atoms with E-state index in [-0.39, 0.29) is 12.6 Å². The molecule has 1 N–H and O–H groups in total. The third-order valence-electron chi connectivity index (χ3n) is 1.58. The molecule has 5 nitrogen and oxygen atoms in total. The number of hydrogen-bond acceptors (Lipinski definition) is 4. The fraction of sp³-hybridized carbons (Fsp3) is 0.429. The van der Waals surface area contributed by atoms with E-state index in [9.17, 15) is 4.79 Å². The van der Waals surface area contributed by atoms with Gasteiger partial charge in [0, 0.05) is 6.54 Å². The van der Waals surface area contributed by atoms with Gasteiger partial charge >= 0.3 is 6.09 Å². The fourth-order valence-electron chi connectivity index (χ4n) is 1.01. The van der Waals surface area contributed by atoms with Crippen molar-refractivity contribution in [3.8, 4) is 0 Å². The van der Waals surface area contributed by atoms with Gasteiger partial charge in [-0.25, -0.2) is 4.79 Å². The number of carbonyl (C=O) groups is 1. The smallest absolute Gasteiger partial charge is 0.410 e. The first-order valence-corrected chi connectivity index (χ1v) is 3.51. The molecule has 0 spiro atoms. The molecule has 0 aliphatic carbocycles. The van der Waals surface area contributed by atoms with Gasteiger partial charge in [0.05, 0.1) is 6.21 Å². The second-order valence-electron chi connectivity index (χ2n) is 2.35. The Labute approximate surface area is 69.9 Å². The zero-order valence-corrected chi connectivity index (χ0v) is 6.51. The number of ether oxygens (including phenoxy) is 1. The van der Waals surface area contributed by atoms with Crippen molar-refractivity contribution in [3.05, 3.63) is 12.7 Å². The van der Waals surface area contributed by atoms with Crippen molar-refractivity contribution < 1.29 is 14.7 Å². The summed E-state index contributed by atoms with van der Waals surface area (Å²) >= 11 is 0. The first-order valence-electron chi connectivity index (χ1n) is 3.51. The summed E-state index contributed by atoms with van der Waals surface area (Å²) in [5, 5.41) is 11.1. The average Bonchev–Trinajstić information content (AvgIpc) is 2.37. The molecular weight excluding hydrogens is 160 g/mol. The van der Waals surface area contributed by atoms with E-state index in [0.29, 0.717) is 6.54 Å².